The molecule has 0 saturated heterocycles. The van der Waals surface area contributed by atoms with E-state index in [4.69, 9.17) is 9.47 Å². The van der Waals surface area contributed by atoms with Crippen LogP contribution in [0.5, 0.6) is 11.5 Å². The van der Waals surface area contributed by atoms with Gasteiger partial charge in [0, 0.05) is 6.07 Å². The predicted molar refractivity (Wildman–Crippen MR) is 97.4 cm³/mol. The molecule has 2 aliphatic rings. The lowest BCUT2D eigenvalue weighted by molar-refractivity contribution is -0.148. The van der Waals surface area contributed by atoms with Gasteiger partial charge in [-0.3, -0.25) is 9.59 Å². The molecular weight excluding hydrogens is 334 g/mol. The number of ether oxygens (including phenoxy) is 2. The number of carbonyl (C=O) groups is 2. The predicted octanol–water partition coefficient (Wildman–Crippen LogP) is 3.34. The third-order valence-electron chi connectivity index (χ3n) is 5.67. The molecule has 2 saturated carbocycles. The molecule has 3 rings (SSSR count). The van der Waals surface area contributed by atoms with Crippen molar-refractivity contribution in [1.82, 2.24) is 0 Å². The molecule has 0 heterocycles. The van der Waals surface area contributed by atoms with E-state index in [1.165, 1.54) is 7.11 Å². The molecule has 0 spiro atoms. The summed E-state index contributed by atoms with van der Waals surface area (Å²) in [6.45, 7) is 4.01. The fraction of sp³-hybridized carbons (Fsp3) is 0.500. The van der Waals surface area contributed by atoms with Gasteiger partial charge in [-0.25, -0.2) is 0 Å². The minimum absolute atomic E-state index is 0.00250. The quantitative estimate of drug-likeness (QED) is 0.788. The topological polar surface area (TPSA) is 84.9 Å². The van der Waals surface area contributed by atoms with Gasteiger partial charge in [0.25, 0.3) is 0 Å². The Morgan fingerprint density at radius 2 is 1.73 bits per heavy atom. The summed E-state index contributed by atoms with van der Waals surface area (Å²) in [5, 5.41) is 12.6. The number of carbonyl (C=O) groups excluding carboxylic acids is 1. The zero-order valence-corrected chi connectivity index (χ0v) is 15.5. The maximum Gasteiger partial charge on any atom is 0.307 e. The standard InChI is InChI=1S/C20H25NO5/c1-10(2)16-12-6-7-13(16)18(20(23)24)17(12)19(22)21-14-9-11(25-3)5-8-15(14)26-4/h5,8-9,12-13,17-18H,6-7H2,1-4H3,(H,21,22)(H,23,24)/t12-,13-,17-,18+/m0/s1. The van der Waals surface area contributed by atoms with Gasteiger partial charge in [0.2, 0.25) is 5.91 Å². The molecular formula is C20H25NO5. The Hall–Kier alpha value is -2.50. The van der Waals surface area contributed by atoms with Crippen LogP contribution in [0.1, 0.15) is 26.7 Å². The van der Waals surface area contributed by atoms with Crippen molar-refractivity contribution < 1.29 is 24.2 Å². The summed E-state index contributed by atoms with van der Waals surface area (Å²) < 4.78 is 10.5. The number of carboxylic acid groups (broad SMARTS) is 1. The molecule has 4 atom stereocenters. The molecule has 2 aliphatic carbocycles. The van der Waals surface area contributed by atoms with E-state index in [1.807, 2.05) is 13.8 Å². The largest absolute Gasteiger partial charge is 0.497 e. The molecule has 1 amide bonds. The molecule has 0 radical (unpaired) electrons. The van der Waals surface area contributed by atoms with Gasteiger partial charge in [0.1, 0.15) is 11.5 Å². The van der Waals surface area contributed by atoms with Crippen LogP contribution >= 0.6 is 0 Å². The summed E-state index contributed by atoms with van der Waals surface area (Å²) in [5.41, 5.74) is 2.79. The maximum absolute atomic E-state index is 13.1. The van der Waals surface area contributed by atoms with E-state index in [2.05, 4.69) is 5.32 Å². The summed E-state index contributed by atoms with van der Waals surface area (Å²) in [6.07, 6.45) is 1.71. The van der Waals surface area contributed by atoms with Gasteiger partial charge in [-0.05, 0) is 50.7 Å². The Morgan fingerprint density at radius 1 is 1.08 bits per heavy atom. The first-order chi connectivity index (χ1) is 12.4. The number of amides is 1. The molecule has 6 nitrogen and oxygen atoms in total. The first-order valence-corrected chi connectivity index (χ1v) is 8.82. The Balaban J connectivity index is 1.92. The zero-order valence-electron chi connectivity index (χ0n) is 15.5. The molecule has 2 N–H and O–H groups in total. The van der Waals surface area contributed by atoms with Gasteiger partial charge in [0.05, 0.1) is 31.7 Å². The number of rotatable bonds is 5. The number of fused-ring (bicyclic) bond motifs is 2. The highest BCUT2D eigenvalue weighted by Gasteiger charge is 2.57. The van der Waals surface area contributed by atoms with Gasteiger partial charge >= 0.3 is 5.97 Å². The number of aliphatic carboxylic acids is 1. The molecule has 1 aromatic carbocycles. The van der Waals surface area contributed by atoms with Crippen molar-refractivity contribution >= 4 is 17.6 Å². The normalized spacial score (nSPS) is 26.5. The molecule has 2 bridgehead atoms. The van der Waals surface area contributed by atoms with Crippen LogP contribution < -0.4 is 14.8 Å². The summed E-state index contributed by atoms with van der Waals surface area (Å²) in [7, 11) is 3.07. The van der Waals surface area contributed by atoms with Crippen LogP contribution in [0, 0.1) is 23.7 Å². The van der Waals surface area contributed by atoms with Gasteiger partial charge in [-0.2, -0.15) is 0 Å². The first kappa shape index (κ1) is 18.3. The average molecular weight is 359 g/mol. The Labute approximate surface area is 153 Å². The zero-order chi connectivity index (χ0) is 19.0. The minimum atomic E-state index is -0.895. The van der Waals surface area contributed by atoms with Crippen LogP contribution in [0.4, 0.5) is 5.69 Å². The van der Waals surface area contributed by atoms with Crippen molar-refractivity contribution in [3.8, 4) is 11.5 Å². The Kier molecular flexibility index (Phi) is 4.94. The maximum atomic E-state index is 13.1. The van der Waals surface area contributed by atoms with Crippen LogP contribution in [0.15, 0.2) is 29.3 Å². The second-order valence-electron chi connectivity index (χ2n) is 7.19. The molecule has 1 aromatic rings. The SMILES string of the molecule is COc1ccc(OC)c(NC(=O)[C@@H]2[C@H](C(=O)O)[C@H]3CC[C@H]2C3=C(C)C)c1. The lowest BCUT2D eigenvalue weighted by atomic mass is 9.78. The summed E-state index contributed by atoms with van der Waals surface area (Å²) in [5.74, 6) is -1.33. The number of allylic oxidation sites excluding steroid dienone is 2. The number of benzene rings is 1. The fourth-order valence-corrected chi connectivity index (χ4v) is 4.73. The number of carboxylic acids is 1. The van der Waals surface area contributed by atoms with E-state index >= 15 is 0 Å². The number of hydrogen-bond acceptors (Lipinski definition) is 4. The number of hydrogen-bond donors (Lipinski definition) is 2. The van der Waals surface area contributed by atoms with Gasteiger partial charge < -0.3 is 19.9 Å². The molecule has 6 heteroatoms. The second-order valence-corrected chi connectivity index (χ2v) is 7.19. The van der Waals surface area contributed by atoms with E-state index in [-0.39, 0.29) is 17.7 Å². The minimum Gasteiger partial charge on any atom is -0.497 e. The molecule has 2 fully saturated rings. The Morgan fingerprint density at radius 3 is 2.27 bits per heavy atom. The van der Waals surface area contributed by atoms with E-state index in [0.29, 0.717) is 17.2 Å². The molecule has 0 aliphatic heterocycles. The molecule has 0 aromatic heterocycles. The summed E-state index contributed by atoms with van der Waals surface area (Å²) in [6, 6.07) is 5.14. The summed E-state index contributed by atoms with van der Waals surface area (Å²) in [4.78, 5) is 25.0. The lowest BCUT2D eigenvalue weighted by Gasteiger charge is -2.26. The highest BCUT2D eigenvalue weighted by Crippen LogP contribution is 2.57. The smallest absolute Gasteiger partial charge is 0.307 e. The Bertz CT molecular complexity index is 765. The second kappa shape index (κ2) is 7.02. The van der Waals surface area contributed by atoms with E-state index in [9.17, 15) is 14.7 Å². The van der Waals surface area contributed by atoms with Crippen LogP contribution in [-0.2, 0) is 9.59 Å². The van der Waals surface area contributed by atoms with Crippen molar-refractivity contribution in [2.24, 2.45) is 23.7 Å². The van der Waals surface area contributed by atoms with Gasteiger partial charge in [0.15, 0.2) is 0 Å². The van der Waals surface area contributed by atoms with Crippen LogP contribution in [-0.4, -0.2) is 31.2 Å². The van der Waals surface area contributed by atoms with Crippen molar-refractivity contribution in [3.05, 3.63) is 29.3 Å². The number of nitrogens with one attached hydrogen (secondary N) is 1. The van der Waals surface area contributed by atoms with Crippen molar-refractivity contribution in [1.29, 1.82) is 0 Å². The third kappa shape index (κ3) is 2.93. The van der Waals surface area contributed by atoms with Gasteiger partial charge in [-0.1, -0.05) is 11.1 Å². The van der Waals surface area contributed by atoms with Crippen molar-refractivity contribution in [3.63, 3.8) is 0 Å². The van der Waals surface area contributed by atoms with E-state index in [1.54, 1.807) is 25.3 Å². The number of methoxy groups -OCH3 is 2. The third-order valence-corrected chi connectivity index (χ3v) is 5.67. The van der Waals surface area contributed by atoms with Crippen LogP contribution in [0.2, 0.25) is 0 Å². The lowest BCUT2D eigenvalue weighted by Crippen LogP contribution is -2.37. The highest BCUT2D eigenvalue weighted by atomic mass is 16.5. The van der Waals surface area contributed by atoms with Gasteiger partial charge in [-0.15, -0.1) is 0 Å². The summed E-state index contributed by atoms with van der Waals surface area (Å²) >= 11 is 0. The first-order valence-electron chi connectivity index (χ1n) is 8.82. The van der Waals surface area contributed by atoms with Crippen molar-refractivity contribution in [2.45, 2.75) is 26.7 Å². The number of anilines is 1. The monoisotopic (exact) mass is 359 g/mol. The van der Waals surface area contributed by atoms with Crippen molar-refractivity contribution in [2.75, 3.05) is 19.5 Å². The van der Waals surface area contributed by atoms with Crippen LogP contribution in [0.3, 0.4) is 0 Å². The van der Waals surface area contributed by atoms with E-state index < -0.39 is 17.8 Å². The van der Waals surface area contributed by atoms with E-state index in [0.717, 1.165) is 24.0 Å². The average Bonchev–Trinajstić information content (AvgIpc) is 3.17. The molecule has 0 unspecified atom stereocenters. The highest BCUT2D eigenvalue weighted by molar-refractivity contribution is 5.98. The van der Waals surface area contributed by atoms with Crippen LogP contribution in [0.25, 0.3) is 0 Å². The fourth-order valence-electron chi connectivity index (χ4n) is 4.73. The molecule has 26 heavy (non-hydrogen) atoms. The molecule has 140 valence electrons.